The van der Waals surface area contributed by atoms with Crippen LogP contribution in [0.4, 0.5) is 5.69 Å². The first-order chi connectivity index (χ1) is 8.97. The molecule has 0 spiro atoms. The maximum atomic E-state index is 11.9. The standard InChI is InChI=1S/C13H21N3O3/c1-5-7-11(17)14-10-8-16(6-2)15-12(10)13(18)19-9(3)4/h8-9H,5-7H2,1-4H3,(H,14,17). The molecular weight excluding hydrogens is 246 g/mol. The first kappa shape index (κ1) is 15.2. The van der Waals surface area contributed by atoms with Gasteiger partial charge in [-0.1, -0.05) is 6.92 Å². The van der Waals surface area contributed by atoms with E-state index in [1.807, 2.05) is 13.8 Å². The Kier molecular flexibility index (Phi) is 5.54. The molecule has 0 bridgehead atoms. The molecule has 0 fully saturated rings. The Hall–Kier alpha value is -1.85. The SMILES string of the molecule is CCCC(=O)Nc1cn(CC)nc1C(=O)OC(C)C. The molecule has 0 atom stereocenters. The summed E-state index contributed by atoms with van der Waals surface area (Å²) in [5.74, 6) is -0.647. The van der Waals surface area contributed by atoms with Crippen molar-refractivity contribution in [1.29, 1.82) is 0 Å². The first-order valence-electron chi connectivity index (χ1n) is 6.56. The average molecular weight is 267 g/mol. The van der Waals surface area contributed by atoms with Crippen molar-refractivity contribution >= 4 is 17.6 Å². The lowest BCUT2D eigenvalue weighted by molar-refractivity contribution is -0.116. The van der Waals surface area contributed by atoms with Crippen LogP contribution in [0.25, 0.3) is 0 Å². The van der Waals surface area contributed by atoms with Gasteiger partial charge in [0.15, 0.2) is 5.69 Å². The fourth-order valence-electron chi connectivity index (χ4n) is 1.54. The molecule has 6 nitrogen and oxygen atoms in total. The van der Waals surface area contributed by atoms with Crippen molar-refractivity contribution < 1.29 is 14.3 Å². The average Bonchev–Trinajstić information content (AvgIpc) is 2.71. The summed E-state index contributed by atoms with van der Waals surface area (Å²) in [6.07, 6.45) is 2.58. The monoisotopic (exact) mass is 267 g/mol. The molecule has 106 valence electrons. The van der Waals surface area contributed by atoms with Gasteiger partial charge in [0.05, 0.1) is 11.8 Å². The van der Waals surface area contributed by atoms with E-state index in [1.54, 1.807) is 24.7 Å². The summed E-state index contributed by atoms with van der Waals surface area (Å²) in [4.78, 5) is 23.5. The lowest BCUT2D eigenvalue weighted by Crippen LogP contribution is -2.16. The number of esters is 1. The van der Waals surface area contributed by atoms with Crippen LogP contribution in [0.5, 0.6) is 0 Å². The summed E-state index contributed by atoms with van der Waals surface area (Å²) >= 11 is 0. The van der Waals surface area contributed by atoms with E-state index in [1.165, 1.54) is 0 Å². The molecule has 0 aliphatic heterocycles. The third kappa shape index (κ3) is 4.39. The van der Waals surface area contributed by atoms with Crippen LogP contribution in [0, 0.1) is 0 Å². The maximum absolute atomic E-state index is 11.9. The van der Waals surface area contributed by atoms with E-state index in [4.69, 9.17) is 4.74 Å². The van der Waals surface area contributed by atoms with Crippen molar-refractivity contribution in [3.05, 3.63) is 11.9 Å². The van der Waals surface area contributed by atoms with Gasteiger partial charge in [-0.3, -0.25) is 9.48 Å². The quantitative estimate of drug-likeness (QED) is 0.802. The van der Waals surface area contributed by atoms with Gasteiger partial charge in [-0.25, -0.2) is 4.79 Å². The van der Waals surface area contributed by atoms with Crippen LogP contribution in [0.15, 0.2) is 6.20 Å². The zero-order valence-corrected chi connectivity index (χ0v) is 11.9. The number of nitrogens with zero attached hydrogens (tertiary/aromatic N) is 2. The molecule has 0 aromatic carbocycles. The summed E-state index contributed by atoms with van der Waals surface area (Å²) in [6, 6.07) is 0. The highest BCUT2D eigenvalue weighted by molar-refractivity contribution is 5.99. The van der Waals surface area contributed by atoms with Crippen LogP contribution >= 0.6 is 0 Å². The molecule has 1 rings (SSSR count). The molecule has 0 radical (unpaired) electrons. The molecule has 1 heterocycles. The highest BCUT2D eigenvalue weighted by atomic mass is 16.5. The van der Waals surface area contributed by atoms with Crippen molar-refractivity contribution in [2.75, 3.05) is 5.32 Å². The van der Waals surface area contributed by atoms with E-state index in [-0.39, 0.29) is 17.7 Å². The molecule has 1 aromatic rings. The van der Waals surface area contributed by atoms with Crippen LogP contribution in [0.2, 0.25) is 0 Å². The molecule has 0 aliphatic rings. The summed E-state index contributed by atoms with van der Waals surface area (Å²) < 4.78 is 6.71. The zero-order chi connectivity index (χ0) is 14.4. The van der Waals surface area contributed by atoms with Crippen molar-refractivity contribution in [2.24, 2.45) is 0 Å². The van der Waals surface area contributed by atoms with Gasteiger partial charge in [-0.2, -0.15) is 5.10 Å². The summed E-state index contributed by atoms with van der Waals surface area (Å²) in [5.41, 5.74) is 0.561. The number of carbonyl (C=O) groups excluding carboxylic acids is 2. The highest BCUT2D eigenvalue weighted by Gasteiger charge is 2.20. The smallest absolute Gasteiger partial charge is 0.361 e. The van der Waals surface area contributed by atoms with Gasteiger partial charge >= 0.3 is 5.97 Å². The second-order valence-corrected chi connectivity index (χ2v) is 4.50. The van der Waals surface area contributed by atoms with Gasteiger partial charge in [-0.15, -0.1) is 0 Å². The number of aryl methyl sites for hydroxylation is 1. The van der Waals surface area contributed by atoms with E-state index >= 15 is 0 Å². The Balaban J connectivity index is 2.92. The number of rotatable bonds is 6. The number of ether oxygens (including phenoxy) is 1. The van der Waals surface area contributed by atoms with Gasteiger partial charge < -0.3 is 10.1 Å². The number of carbonyl (C=O) groups is 2. The Labute approximate surface area is 113 Å². The normalized spacial score (nSPS) is 10.6. The second-order valence-electron chi connectivity index (χ2n) is 4.50. The predicted octanol–water partition coefficient (Wildman–Crippen LogP) is 2.21. The topological polar surface area (TPSA) is 73.2 Å². The molecule has 1 amide bonds. The number of anilines is 1. The lowest BCUT2D eigenvalue weighted by Gasteiger charge is -2.07. The van der Waals surface area contributed by atoms with E-state index in [2.05, 4.69) is 10.4 Å². The van der Waals surface area contributed by atoms with Crippen LogP contribution in [-0.2, 0) is 16.1 Å². The van der Waals surface area contributed by atoms with Crippen LogP contribution in [-0.4, -0.2) is 27.8 Å². The zero-order valence-electron chi connectivity index (χ0n) is 11.9. The fourth-order valence-corrected chi connectivity index (χ4v) is 1.54. The van der Waals surface area contributed by atoms with Crippen LogP contribution in [0.3, 0.4) is 0 Å². The number of hydrogen-bond acceptors (Lipinski definition) is 4. The largest absolute Gasteiger partial charge is 0.458 e. The van der Waals surface area contributed by atoms with E-state index in [0.717, 1.165) is 6.42 Å². The van der Waals surface area contributed by atoms with Crippen molar-refractivity contribution in [3.8, 4) is 0 Å². The van der Waals surface area contributed by atoms with Gasteiger partial charge in [-0.05, 0) is 27.2 Å². The molecule has 6 heteroatoms. The minimum absolute atomic E-state index is 0.128. The number of hydrogen-bond donors (Lipinski definition) is 1. The third-order valence-corrected chi connectivity index (χ3v) is 2.37. The van der Waals surface area contributed by atoms with Crippen molar-refractivity contribution in [2.45, 2.75) is 53.2 Å². The minimum atomic E-state index is -0.519. The lowest BCUT2D eigenvalue weighted by atomic mass is 10.3. The number of aromatic nitrogens is 2. The Morgan fingerprint density at radius 3 is 2.63 bits per heavy atom. The summed E-state index contributed by atoms with van der Waals surface area (Å²) in [6.45, 7) is 7.98. The third-order valence-electron chi connectivity index (χ3n) is 2.37. The Bertz CT molecular complexity index is 452. The minimum Gasteiger partial charge on any atom is -0.458 e. The van der Waals surface area contributed by atoms with Gasteiger partial charge in [0, 0.05) is 19.2 Å². The first-order valence-corrected chi connectivity index (χ1v) is 6.56. The van der Waals surface area contributed by atoms with E-state index < -0.39 is 5.97 Å². The van der Waals surface area contributed by atoms with Gasteiger partial charge in [0.25, 0.3) is 0 Å². The van der Waals surface area contributed by atoms with E-state index in [0.29, 0.717) is 18.7 Å². The van der Waals surface area contributed by atoms with Crippen molar-refractivity contribution in [1.82, 2.24) is 9.78 Å². The molecule has 0 unspecified atom stereocenters. The molecule has 0 saturated carbocycles. The van der Waals surface area contributed by atoms with Gasteiger partial charge in [0.1, 0.15) is 0 Å². The molecular formula is C13H21N3O3. The maximum Gasteiger partial charge on any atom is 0.361 e. The van der Waals surface area contributed by atoms with Crippen LogP contribution < -0.4 is 5.32 Å². The van der Waals surface area contributed by atoms with Gasteiger partial charge in [0.2, 0.25) is 5.91 Å². The second kappa shape index (κ2) is 6.92. The molecule has 1 N–H and O–H groups in total. The molecule has 0 aliphatic carbocycles. The predicted molar refractivity (Wildman–Crippen MR) is 72.0 cm³/mol. The molecule has 0 saturated heterocycles. The van der Waals surface area contributed by atoms with Crippen LogP contribution in [0.1, 0.15) is 51.0 Å². The fraction of sp³-hybridized carbons (Fsp3) is 0.615. The Morgan fingerprint density at radius 1 is 1.42 bits per heavy atom. The highest BCUT2D eigenvalue weighted by Crippen LogP contribution is 2.16. The number of nitrogens with one attached hydrogen (secondary N) is 1. The number of amides is 1. The van der Waals surface area contributed by atoms with Crippen molar-refractivity contribution in [3.63, 3.8) is 0 Å². The Morgan fingerprint density at radius 2 is 2.11 bits per heavy atom. The summed E-state index contributed by atoms with van der Waals surface area (Å²) in [5, 5.41) is 6.82. The summed E-state index contributed by atoms with van der Waals surface area (Å²) in [7, 11) is 0. The van der Waals surface area contributed by atoms with E-state index in [9.17, 15) is 9.59 Å². The molecule has 19 heavy (non-hydrogen) atoms. The molecule has 1 aromatic heterocycles.